The zero-order chi connectivity index (χ0) is 22.9. The van der Waals surface area contributed by atoms with Crippen molar-refractivity contribution in [1.82, 2.24) is 13.5 Å². The van der Waals surface area contributed by atoms with Crippen LogP contribution in [0, 0.1) is 6.92 Å². The highest BCUT2D eigenvalue weighted by atomic mass is 127. The maximum absolute atomic E-state index is 13.2. The van der Waals surface area contributed by atoms with Crippen LogP contribution in [0.5, 0.6) is 0 Å². The molecule has 0 radical (unpaired) electrons. The quantitative estimate of drug-likeness (QED) is 0.297. The predicted octanol–water partition coefficient (Wildman–Crippen LogP) is 5.47. The van der Waals surface area contributed by atoms with E-state index in [1.165, 1.54) is 5.56 Å². The van der Waals surface area contributed by atoms with Gasteiger partial charge in [-0.25, -0.2) is 4.98 Å². The number of hydrogen-bond donors (Lipinski definition) is 0. The summed E-state index contributed by atoms with van der Waals surface area (Å²) in [4.78, 5) is 20.2. The highest BCUT2D eigenvalue weighted by molar-refractivity contribution is 14.2. The van der Waals surface area contributed by atoms with E-state index in [9.17, 15) is 4.79 Å². The molecule has 5 rings (SSSR count). The van der Waals surface area contributed by atoms with Gasteiger partial charge in [0.2, 0.25) is 0 Å². The SMILES string of the molecule is Cc1cccc(C(C)n2ccc(-c3cn(SI)c4ncc(N5CCOCC5)cc34)cc2=O)c1. The molecule has 0 N–H and O–H groups in total. The number of benzene rings is 1. The minimum absolute atomic E-state index is 0.0122. The Hall–Kier alpha value is -2.30. The van der Waals surface area contributed by atoms with Gasteiger partial charge in [-0.3, -0.25) is 8.77 Å². The molecule has 3 aromatic heterocycles. The van der Waals surface area contributed by atoms with Crippen molar-refractivity contribution in [3.8, 4) is 11.1 Å². The maximum Gasteiger partial charge on any atom is 0.251 e. The number of fused-ring (bicyclic) bond motifs is 1. The second-order valence-electron chi connectivity index (χ2n) is 8.35. The molecule has 1 fully saturated rings. The lowest BCUT2D eigenvalue weighted by molar-refractivity contribution is 0.122. The fraction of sp³-hybridized carbons (Fsp3) is 0.280. The van der Waals surface area contributed by atoms with Crippen LogP contribution < -0.4 is 10.5 Å². The van der Waals surface area contributed by atoms with E-state index in [1.807, 2.05) is 24.5 Å². The van der Waals surface area contributed by atoms with Gasteiger partial charge in [-0.2, -0.15) is 0 Å². The highest BCUT2D eigenvalue weighted by Crippen LogP contribution is 2.35. The molecule has 1 atom stereocenters. The van der Waals surface area contributed by atoms with Crippen molar-refractivity contribution in [2.45, 2.75) is 19.9 Å². The Morgan fingerprint density at radius 1 is 1.15 bits per heavy atom. The number of aryl methyl sites for hydroxylation is 1. The molecule has 0 spiro atoms. The second kappa shape index (κ2) is 9.52. The van der Waals surface area contributed by atoms with Gasteiger partial charge in [0.1, 0.15) is 0 Å². The van der Waals surface area contributed by atoms with E-state index in [-0.39, 0.29) is 11.6 Å². The van der Waals surface area contributed by atoms with Crippen LogP contribution in [0.3, 0.4) is 0 Å². The lowest BCUT2D eigenvalue weighted by Crippen LogP contribution is -2.36. The molecular weight excluding hydrogens is 547 g/mol. The number of nitrogens with zero attached hydrogens (tertiary/aromatic N) is 4. The summed E-state index contributed by atoms with van der Waals surface area (Å²) in [6, 6.07) is 14.2. The molecule has 4 heterocycles. The summed E-state index contributed by atoms with van der Waals surface area (Å²) in [6.07, 6.45) is 5.91. The number of halogens is 1. The maximum atomic E-state index is 13.2. The van der Waals surface area contributed by atoms with Crippen LogP contribution >= 0.6 is 30.3 Å². The normalized spacial score (nSPS) is 15.2. The zero-order valence-electron chi connectivity index (χ0n) is 18.6. The molecule has 1 saturated heterocycles. The third kappa shape index (κ3) is 4.43. The van der Waals surface area contributed by atoms with Crippen LogP contribution in [0.4, 0.5) is 5.69 Å². The molecule has 1 aromatic carbocycles. The van der Waals surface area contributed by atoms with Gasteiger partial charge in [-0.15, -0.1) is 0 Å². The second-order valence-corrected chi connectivity index (χ2v) is 10.1. The Kier molecular flexibility index (Phi) is 6.49. The van der Waals surface area contributed by atoms with Crippen LogP contribution in [0.2, 0.25) is 0 Å². The van der Waals surface area contributed by atoms with Crippen LogP contribution in [-0.4, -0.2) is 39.8 Å². The van der Waals surface area contributed by atoms with E-state index in [0.717, 1.165) is 59.7 Å². The zero-order valence-corrected chi connectivity index (χ0v) is 21.5. The molecule has 4 aromatic rings. The summed E-state index contributed by atoms with van der Waals surface area (Å²) in [5, 5.41) is 1.05. The van der Waals surface area contributed by atoms with Crippen LogP contribution in [0.1, 0.15) is 24.1 Å². The van der Waals surface area contributed by atoms with Gasteiger partial charge < -0.3 is 14.2 Å². The van der Waals surface area contributed by atoms with E-state index in [2.05, 4.69) is 74.4 Å². The van der Waals surface area contributed by atoms with Crippen molar-refractivity contribution in [3.63, 3.8) is 0 Å². The molecule has 1 aliphatic heterocycles. The Labute approximate surface area is 209 Å². The number of pyridine rings is 2. The Balaban J connectivity index is 1.55. The van der Waals surface area contributed by atoms with E-state index in [4.69, 9.17) is 9.72 Å². The minimum atomic E-state index is -0.0349. The summed E-state index contributed by atoms with van der Waals surface area (Å²) in [5.74, 6) is 0. The molecule has 170 valence electrons. The van der Waals surface area contributed by atoms with Crippen molar-refractivity contribution >= 4 is 47.0 Å². The largest absolute Gasteiger partial charge is 0.378 e. The summed E-state index contributed by atoms with van der Waals surface area (Å²) >= 11 is 2.26. The molecule has 1 aliphatic rings. The topological polar surface area (TPSA) is 52.3 Å². The first-order valence-corrected chi connectivity index (χ1v) is 14.3. The van der Waals surface area contributed by atoms with Crippen molar-refractivity contribution in [1.29, 1.82) is 0 Å². The van der Waals surface area contributed by atoms with Crippen LogP contribution in [-0.2, 0) is 4.74 Å². The summed E-state index contributed by atoms with van der Waals surface area (Å²) in [6.45, 7) is 7.31. The molecule has 0 aliphatic carbocycles. The highest BCUT2D eigenvalue weighted by Gasteiger charge is 2.18. The predicted molar refractivity (Wildman–Crippen MR) is 144 cm³/mol. The van der Waals surface area contributed by atoms with E-state index >= 15 is 0 Å². The Morgan fingerprint density at radius 2 is 1.97 bits per heavy atom. The number of aromatic nitrogens is 3. The third-order valence-electron chi connectivity index (χ3n) is 6.25. The van der Waals surface area contributed by atoms with Gasteiger partial charge in [0.25, 0.3) is 5.56 Å². The summed E-state index contributed by atoms with van der Waals surface area (Å²) in [5.41, 5.74) is 6.22. The molecule has 33 heavy (non-hydrogen) atoms. The standard InChI is InChI=1S/C25H25IN4O2S/c1-17-4-3-5-19(12-17)18(2)29-7-6-20(13-24(29)31)23-16-30(33-26)25-22(23)14-21(15-27-25)28-8-10-32-11-9-28/h3-7,12-16,18H,8-11H2,1-2H3. The van der Waals surface area contributed by atoms with Gasteiger partial charge in [-0.1, -0.05) is 29.8 Å². The number of morpholine rings is 1. The van der Waals surface area contributed by atoms with Gasteiger partial charge in [0.05, 0.1) is 31.1 Å². The fourth-order valence-corrected chi connectivity index (χ4v) is 5.67. The van der Waals surface area contributed by atoms with Crippen molar-refractivity contribution in [3.05, 3.63) is 82.5 Å². The first-order valence-electron chi connectivity index (χ1n) is 11.0. The first kappa shape index (κ1) is 22.5. The van der Waals surface area contributed by atoms with Crippen molar-refractivity contribution < 1.29 is 4.74 Å². The van der Waals surface area contributed by atoms with Crippen LogP contribution in [0.15, 0.2) is 65.8 Å². The number of anilines is 1. The monoisotopic (exact) mass is 572 g/mol. The molecule has 6 nitrogen and oxygen atoms in total. The van der Waals surface area contributed by atoms with Gasteiger partial charge in [0.15, 0.2) is 5.65 Å². The minimum Gasteiger partial charge on any atom is -0.378 e. The van der Waals surface area contributed by atoms with Crippen molar-refractivity contribution in [2.75, 3.05) is 31.2 Å². The number of hydrogen-bond acceptors (Lipinski definition) is 5. The first-order chi connectivity index (χ1) is 16.0. The van der Waals surface area contributed by atoms with Gasteiger partial charge >= 0.3 is 0 Å². The molecule has 1 unspecified atom stereocenters. The summed E-state index contributed by atoms with van der Waals surface area (Å²) in [7, 11) is 1.57. The number of rotatable bonds is 5. The third-order valence-corrected chi connectivity index (χ3v) is 7.95. The molecular formula is C25H25IN4O2S. The average molecular weight is 572 g/mol. The lowest BCUT2D eigenvalue weighted by atomic mass is 10.0. The van der Waals surface area contributed by atoms with E-state index < -0.39 is 0 Å². The Bertz CT molecular complexity index is 1360. The average Bonchev–Trinajstić information content (AvgIpc) is 3.22. The van der Waals surface area contributed by atoms with E-state index in [0.29, 0.717) is 0 Å². The molecule has 0 bridgehead atoms. The van der Waals surface area contributed by atoms with Crippen LogP contribution in [0.25, 0.3) is 22.2 Å². The molecule has 0 amide bonds. The number of ether oxygens (including phenoxy) is 1. The van der Waals surface area contributed by atoms with Gasteiger partial charge in [-0.05, 0) is 37.1 Å². The Morgan fingerprint density at radius 3 is 2.70 bits per heavy atom. The van der Waals surface area contributed by atoms with E-state index in [1.54, 1.807) is 19.8 Å². The molecule has 8 heteroatoms. The summed E-state index contributed by atoms with van der Waals surface area (Å²) < 4.78 is 9.34. The van der Waals surface area contributed by atoms with Gasteiger partial charge in [0, 0.05) is 72.8 Å². The molecule has 0 saturated carbocycles. The fourth-order valence-electron chi connectivity index (χ4n) is 4.41. The smallest absolute Gasteiger partial charge is 0.251 e. The van der Waals surface area contributed by atoms with Crippen molar-refractivity contribution in [2.24, 2.45) is 0 Å². The lowest BCUT2D eigenvalue weighted by Gasteiger charge is -2.28.